The van der Waals surface area contributed by atoms with E-state index in [1.807, 2.05) is 46.8 Å². The van der Waals surface area contributed by atoms with Crippen LogP contribution in [-0.4, -0.2) is 17.8 Å². The van der Waals surface area contributed by atoms with Crippen molar-refractivity contribution in [2.75, 3.05) is 6.61 Å². The third-order valence-corrected chi connectivity index (χ3v) is 2.60. The van der Waals surface area contributed by atoms with Gasteiger partial charge in [0.1, 0.15) is 12.4 Å². The molecule has 0 saturated heterocycles. The molecule has 0 fully saturated rings. The molecule has 2 nitrogen and oxygen atoms in total. The van der Waals surface area contributed by atoms with Crippen molar-refractivity contribution in [3.05, 3.63) is 29.3 Å². The van der Waals surface area contributed by atoms with Gasteiger partial charge in [0.15, 0.2) is 0 Å². The number of rotatable bonds is 3. The topological polar surface area (TPSA) is 29.5 Å². The molecule has 1 atom stereocenters. The largest absolute Gasteiger partial charge is 0.491 e. The van der Waals surface area contributed by atoms with Gasteiger partial charge in [0.05, 0.1) is 6.10 Å². The van der Waals surface area contributed by atoms with Crippen LogP contribution >= 0.6 is 0 Å². The number of aliphatic hydroxyl groups is 1. The first kappa shape index (κ1) is 13.0. The smallest absolute Gasteiger partial charge is 0.119 e. The Morgan fingerprint density at radius 1 is 1.12 bits per heavy atom. The molecule has 0 aliphatic carbocycles. The summed E-state index contributed by atoms with van der Waals surface area (Å²) in [7, 11) is 0. The SMILES string of the molecule is Cc1cc(C)cc(OCC(O)C(C)(C)C)c1. The Labute approximate surface area is 98.3 Å². The number of ether oxygens (including phenoxy) is 1. The normalized spacial score (nSPS) is 13.6. The van der Waals surface area contributed by atoms with Crippen molar-refractivity contribution < 1.29 is 9.84 Å². The molecule has 1 unspecified atom stereocenters. The molecule has 1 aromatic carbocycles. The van der Waals surface area contributed by atoms with Gasteiger partial charge in [-0.05, 0) is 42.5 Å². The summed E-state index contributed by atoms with van der Waals surface area (Å²) in [4.78, 5) is 0. The van der Waals surface area contributed by atoms with Crippen molar-refractivity contribution in [2.24, 2.45) is 5.41 Å². The van der Waals surface area contributed by atoms with Gasteiger partial charge in [-0.3, -0.25) is 0 Å². The van der Waals surface area contributed by atoms with E-state index in [1.165, 1.54) is 11.1 Å². The van der Waals surface area contributed by atoms with Crippen LogP contribution in [0.1, 0.15) is 31.9 Å². The first-order valence-corrected chi connectivity index (χ1v) is 5.68. The van der Waals surface area contributed by atoms with Crippen molar-refractivity contribution in [3.8, 4) is 5.75 Å². The lowest BCUT2D eigenvalue weighted by molar-refractivity contribution is 0.0218. The van der Waals surface area contributed by atoms with Gasteiger partial charge in [0.2, 0.25) is 0 Å². The third kappa shape index (κ3) is 3.86. The molecule has 2 heteroatoms. The van der Waals surface area contributed by atoms with Crippen LogP contribution in [0.3, 0.4) is 0 Å². The fourth-order valence-electron chi connectivity index (χ4n) is 1.44. The number of benzene rings is 1. The fourth-order valence-corrected chi connectivity index (χ4v) is 1.44. The van der Waals surface area contributed by atoms with E-state index in [-0.39, 0.29) is 5.41 Å². The van der Waals surface area contributed by atoms with Gasteiger partial charge in [-0.15, -0.1) is 0 Å². The highest BCUT2D eigenvalue weighted by molar-refractivity contribution is 5.32. The van der Waals surface area contributed by atoms with Gasteiger partial charge in [0, 0.05) is 0 Å². The fraction of sp³-hybridized carbons (Fsp3) is 0.571. The Morgan fingerprint density at radius 3 is 2.06 bits per heavy atom. The molecule has 0 aliphatic heterocycles. The van der Waals surface area contributed by atoms with E-state index in [4.69, 9.17) is 4.74 Å². The Morgan fingerprint density at radius 2 is 1.62 bits per heavy atom. The monoisotopic (exact) mass is 222 g/mol. The summed E-state index contributed by atoms with van der Waals surface area (Å²) in [6.07, 6.45) is -0.451. The maximum atomic E-state index is 9.86. The second-order valence-electron chi connectivity index (χ2n) is 5.52. The van der Waals surface area contributed by atoms with E-state index in [2.05, 4.69) is 6.07 Å². The molecule has 0 heterocycles. The average molecular weight is 222 g/mol. The van der Waals surface area contributed by atoms with Crippen LogP contribution in [0.2, 0.25) is 0 Å². The molecule has 90 valence electrons. The summed E-state index contributed by atoms with van der Waals surface area (Å²) in [5.41, 5.74) is 2.22. The van der Waals surface area contributed by atoms with Gasteiger partial charge in [-0.2, -0.15) is 0 Å². The third-order valence-electron chi connectivity index (χ3n) is 2.60. The van der Waals surface area contributed by atoms with Crippen molar-refractivity contribution in [2.45, 2.75) is 40.7 Å². The van der Waals surface area contributed by atoms with Crippen molar-refractivity contribution in [3.63, 3.8) is 0 Å². The molecule has 1 aromatic rings. The van der Waals surface area contributed by atoms with Gasteiger partial charge in [0.25, 0.3) is 0 Å². The van der Waals surface area contributed by atoms with E-state index < -0.39 is 6.10 Å². The Bertz CT molecular complexity index is 330. The van der Waals surface area contributed by atoms with Crippen molar-refractivity contribution in [1.82, 2.24) is 0 Å². The quantitative estimate of drug-likeness (QED) is 0.851. The lowest BCUT2D eigenvalue weighted by atomic mass is 9.90. The van der Waals surface area contributed by atoms with E-state index in [0.717, 1.165) is 5.75 Å². The maximum Gasteiger partial charge on any atom is 0.119 e. The van der Waals surface area contributed by atoms with Crippen LogP contribution < -0.4 is 4.74 Å². The number of hydrogen-bond donors (Lipinski definition) is 1. The zero-order valence-electron chi connectivity index (χ0n) is 10.9. The molecule has 0 bridgehead atoms. The predicted octanol–water partition coefficient (Wildman–Crippen LogP) is 3.09. The zero-order valence-corrected chi connectivity index (χ0v) is 10.9. The molecule has 0 saturated carbocycles. The molecule has 0 aromatic heterocycles. The lowest BCUT2D eigenvalue weighted by Crippen LogP contribution is -2.31. The van der Waals surface area contributed by atoms with E-state index in [0.29, 0.717) is 6.61 Å². The second kappa shape index (κ2) is 4.88. The number of aryl methyl sites for hydroxylation is 2. The van der Waals surface area contributed by atoms with E-state index >= 15 is 0 Å². The lowest BCUT2D eigenvalue weighted by Gasteiger charge is -2.25. The standard InChI is InChI=1S/C14H22O2/c1-10-6-11(2)8-12(7-10)16-9-13(15)14(3,4)5/h6-8,13,15H,9H2,1-5H3. The average Bonchev–Trinajstić information content (AvgIpc) is 2.11. The highest BCUT2D eigenvalue weighted by Crippen LogP contribution is 2.21. The molecular weight excluding hydrogens is 200 g/mol. The Kier molecular flexibility index (Phi) is 3.98. The van der Waals surface area contributed by atoms with Crippen LogP contribution in [0.15, 0.2) is 18.2 Å². The first-order chi connectivity index (χ1) is 7.29. The van der Waals surface area contributed by atoms with Crippen molar-refractivity contribution in [1.29, 1.82) is 0 Å². The minimum atomic E-state index is -0.451. The van der Waals surface area contributed by atoms with Crippen molar-refractivity contribution >= 4 is 0 Å². The van der Waals surface area contributed by atoms with Crippen LogP contribution in [0, 0.1) is 19.3 Å². The molecule has 0 amide bonds. The second-order valence-corrected chi connectivity index (χ2v) is 5.52. The summed E-state index contributed by atoms with van der Waals surface area (Å²) >= 11 is 0. The van der Waals surface area contributed by atoms with Crippen LogP contribution in [0.5, 0.6) is 5.75 Å². The van der Waals surface area contributed by atoms with Gasteiger partial charge >= 0.3 is 0 Å². The summed E-state index contributed by atoms with van der Waals surface area (Å²) in [5, 5.41) is 9.86. The molecule has 1 rings (SSSR count). The Balaban J connectivity index is 2.61. The molecule has 1 N–H and O–H groups in total. The summed E-state index contributed by atoms with van der Waals surface area (Å²) < 4.78 is 5.61. The Hall–Kier alpha value is -1.02. The van der Waals surface area contributed by atoms with Gasteiger partial charge < -0.3 is 9.84 Å². The van der Waals surface area contributed by atoms with E-state index in [1.54, 1.807) is 0 Å². The highest BCUT2D eigenvalue weighted by atomic mass is 16.5. The van der Waals surface area contributed by atoms with Gasteiger partial charge in [-0.25, -0.2) is 0 Å². The predicted molar refractivity (Wildman–Crippen MR) is 66.9 cm³/mol. The molecule has 0 aliphatic rings. The summed E-state index contributed by atoms with van der Waals surface area (Å²) in [6, 6.07) is 6.08. The van der Waals surface area contributed by atoms with Gasteiger partial charge in [-0.1, -0.05) is 26.8 Å². The zero-order chi connectivity index (χ0) is 12.3. The summed E-state index contributed by atoms with van der Waals surface area (Å²) in [5.74, 6) is 0.834. The van der Waals surface area contributed by atoms with Crippen LogP contribution in [0.4, 0.5) is 0 Å². The first-order valence-electron chi connectivity index (χ1n) is 5.68. The minimum absolute atomic E-state index is 0.140. The van der Waals surface area contributed by atoms with E-state index in [9.17, 15) is 5.11 Å². The highest BCUT2D eigenvalue weighted by Gasteiger charge is 2.22. The van der Waals surface area contributed by atoms with Crippen LogP contribution in [0.25, 0.3) is 0 Å². The number of aliphatic hydroxyl groups excluding tert-OH is 1. The molecule has 16 heavy (non-hydrogen) atoms. The molecular formula is C14H22O2. The number of hydrogen-bond acceptors (Lipinski definition) is 2. The molecule has 0 spiro atoms. The molecule has 0 radical (unpaired) electrons. The summed E-state index contributed by atoms with van der Waals surface area (Å²) in [6.45, 7) is 10.4. The minimum Gasteiger partial charge on any atom is -0.491 e. The van der Waals surface area contributed by atoms with Crippen LogP contribution in [-0.2, 0) is 0 Å². The maximum absolute atomic E-state index is 9.86.